The maximum atomic E-state index is 10.8. The summed E-state index contributed by atoms with van der Waals surface area (Å²) < 4.78 is 0.601. The van der Waals surface area contributed by atoms with Gasteiger partial charge in [0.05, 0.1) is 6.42 Å². The molecule has 0 atom stereocenters. The van der Waals surface area contributed by atoms with E-state index in [2.05, 4.69) is 20.9 Å². The number of carboxylic acid groups (broad SMARTS) is 1. The van der Waals surface area contributed by atoms with Crippen molar-refractivity contribution in [3.05, 3.63) is 32.7 Å². The fourth-order valence-electron chi connectivity index (χ4n) is 0.794. The molecule has 0 saturated heterocycles. The molecule has 0 spiro atoms. The standard InChI is InChI=1S/C7H6BrNO3/c8-5-3-9-6(10)1-4(5)2-7(11)12/h1,3H,2H2,(H,9,10)(H,11,12). The van der Waals surface area contributed by atoms with Gasteiger partial charge in [0.1, 0.15) is 0 Å². The SMILES string of the molecule is O=C(O)Cc1cc(=O)[nH]cc1Br. The molecule has 0 aliphatic heterocycles. The summed E-state index contributed by atoms with van der Waals surface area (Å²) in [6, 6.07) is 1.26. The lowest BCUT2D eigenvalue weighted by molar-refractivity contribution is -0.136. The van der Waals surface area contributed by atoms with E-state index in [-0.39, 0.29) is 12.0 Å². The second kappa shape index (κ2) is 3.53. The molecule has 1 aromatic rings. The number of nitrogens with one attached hydrogen (secondary N) is 1. The van der Waals surface area contributed by atoms with Crippen LogP contribution in [0, 0.1) is 0 Å². The minimum atomic E-state index is -0.957. The molecule has 4 nitrogen and oxygen atoms in total. The number of aliphatic carboxylic acids is 1. The fraction of sp³-hybridized carbons (Fsp3) is 0.143. The maximum absolute atomic E-state index is 10.8. The van der Waals surface area contributed by atoms with Gasteiger partial charge < -0.3 is 10.1 Å². The van der Waals surface area contributed by atoms with Crippen LogP contribution in [0.25, 0.3) is 0 Å². The number of H-pyrrole nitrogens is 1. The summed E-state index contributed by atoms with van der Waals surface area (Å²) in [4.78, 5) is 23.5. The van der Waals surface area contributed by atoms with Crippen LogP contribution in [0.15, 0.2) is 21.5 Å². The Morgan fingerprint density at radius 1 is 1.67 bits per heavy atom. The van der Waals surface area contributed by atoms with Crippen molar-refractivity contribution in [3.63, 3.8) is 0 Å². The predicted molar refractivity (Wildman–Crippen MR) is 46.1 cm³/mol. The van der Waals surface area contributed by atoms with Crippen molar-refractivity contribution >= 4 is 21.9 Å². The van der Waals surface area contributed by atoms with E-state index < -0.39 is 5.97 Å². The van der Waals surface area contributed by atoms with Crippen molar-refractivity contribution in [2.24, 2.45) is 0 Å². The van der Waals surface area contributed by atoms with E-state index in [1.165, 1.54) is 12.3 Å². The highest BCUT2D eigenvalue weighted by molar-refractivity contribution is 9.10. The quantitative estimate of drug-likeness (QED) is 0.790. The lowest BCUT2D eigenvalue weighted by Gasteiger charge is -1.98. The zero-order valence-electron chi connectivity index (χ0n) is 6.00. The molecule has 1 aromatic heterocycles. The number of carboxylic acids is 1. The Balaban J connectivity index is 3.05. The van der Waals surface area contributed by atoms with E-state index in [4.69, 9.17) is 5.11 Å². The summed E-state index contributed by atoms with van der Waals surface area (Å²) in [5, 5.41) is 8.45. The topological polar surface area (TPSA) is 70.2 Å². The number of hydrogen-bond donors (Lipinski definition) is 2. The number of aromatic amines is 1. The zero-order chi connectivity index (χ0) is 9.14. The van der Waals surface area contributed by atoms with Crippen LogP contribution in [0.5, 0.6) is 0 Å². The lowest BCUT2D eigenvalue weighted by atomic mass is 10.2. The van der Waals surface area contributed by atoms with Gasteiger partial charge in [-0.1, -0.05) is 0 Å². The zero-order valence-corrected chi connectivity index (χ0v) is 7.59. The number of aromatic nitrogens is 1. The number of rotatable bonds is 2. The Kier molecular flexibility index (Phi) is 2.65. The monoisotopic (exact) mass is 231 g/mol. The summed E-state index contributed by atoms with van der Waals surface area (Å²) in [5.41, 5.74) is 0.181. The summed E-state index contributed by atoms with van der Waals surface area (Å²) in [5.74, 6) is -0.957. The van der Waals surface area contributed by atoms with Gasteiger partial charge in [-0.15, -0.1) is 0 Å². The third-order valence-electron chi connectivity index (χ3n) is 1.29. The second-order valence-corrected chi connectivity index (χ2v) is 3.10. The Labute approximate surface area is 76.4 Å². The largest absolute Gasteiger partial charge is 0.481 e. The van der Waals surface area contributed by atoms with Crippen molar-refractivity contribution in [2.45, 2.75) is 6.42 Å². The molecule has 0 amide bonds. The number of carbonyl (C=O) groups is 1. The summed E-state index contributed by atoms with van der Waals surface area (Å²) in [7, 11) is 0. The smallest absolute Gasteiger partial charge is 0.307 e. The van der Waals surface area contributed by atoms with Crippen LogP contribution < -0.4 is 5.56 Å². The van der Waals surface area contributed by atoms with Crippen LogP contribution in [0.1, 0.15) is 5.56 Å². The molecule has 5 heteroatoms. The Bertz CT molecular complexity index is 358. The minimum Gasteiger partial charge on any atom is -0.481 e. The summed E-state index contributed by atoms with van der Waals surface area (Å²) >= 11 is 3.13. The number of halogens is 1. The first-order valence-electron chi connectivity index (χ1n) is 3.18. The summed E-state index contributed by atoms with van der Waals surface area (Å²) in [6.07, 6.45) is 1.28. The first-order chi connectivity index (χ1) is 5.59. The normalized spacial score (nSPS) is 9.75. The van der Waals surface area contributed by atoms with Crippen molar-refractivity contribution < 1.29 is 9.90 Å². The van der Waals surface area contributed by atoms with Gasteiger partial charge in [0.15, 0.2) is 0 Å². The van der Waals surface area contributed by atoms with Gasteiger partial charge in [0.2, 0.25) is 5.56 Å². The molecule has 0 aliphatic carbocycles. The van der Waals surface area contributed by atoms with Crippen LogP contribution in [0.4, 0.5) is 0 Å². The molecule has 0 bridgehead atoms. The molecule has 0 aromatic carbocycles. The molecule has 0 unspecified atom stereocenters. The molecule has 12 heavy (non-hydrogen) atoms. The summed E-state index contributed by atoms with van der Waals surface area (Å²) in [6.45, 7) is 0. The van der Waals surface area contributed by atoms with Crippen LogP contribution in [0.3, 0.4) is 0 Å². The van der Waals surface area contributed by atoms with Crippen molar-refractivity contribution in [1.82, 2.24) is 4.98 Å². The minimum absolute atomic E-state index is 0.148. The van der Waals surface area contributed by atoms with Crippen LogP contribution in [-0.2, 0) is 11.2 Å². The fourth-order valence-corrected chi connectivity index (χ4v) is 1.16. The van der Waals surface area contributed by atoms with E-state index in [1.807, 2.05) is 0 Å². The molecule has 1 heterocycles. The van der Waals surface area contributed by atoms with Gasteiger partial charge in [-0.05, 0) is 21.5 Å². The van der Waals surface area contributed by atoms with E-state index >= 15 is 0 Å². The third kappa shape index (κ3) is 2.20. The average molecular weight is 232 g/mol. The van der Waals surface area contributed by atoms with Crippen LogP contribution in [-0.4, -0.2) is 16.1 Å². The Morgan fingerprint density at radius 2 is 2.33 bits per heavy atom. The van der Waals surface area contributed by atoms with Gasteiger partial charge in [-0.2, -0.15) is 0 Å². The predicted octanol–water partition coefficient (Wildman–Crippen LogP) is 0.764. The first-order valence-corrected chi connectivity index (χ1v) is 3.98. The Hall–Kier alpha value is -1.10. The van der Waals surface area contributed by atoms with Crippen LogP contribution >= 0.6 is 15.9 Å². The highest BCUT2D eigenvalue weighted by Gasteiger charge is 2.04. The van der Waals surface area contributed by atoms with Gasteiger partial charge in [0.25, 0.3) is 0 Å². The van der Waals surface area contributed by atoms with Gasteiger partial charge in [0, 0.05) is 16.7 Å². The van der Waals surface area contributed by atoms with Crippen molar-refractivity contribution in [3.8, 4) is 0 Å². The number of pyridine rings is 1. The lowest BCUT2D eigenvalue weighted by Crippen LogP contribution is -2.08. The molecule has 2 N–H and O–H groups in total. The third-order valence-corrected chi connectivity index (χ3v) is 2.03. The van der Waals surface area contributed by atoms with Gasteiger partial charge >= 0.3 is 5.97 Å². The average Bonchev–Trinajstić information content (AvgIpc) is 1.96. The molecule has 64 valence electrons. The molecular weight excluding hydrogens is 226 g/mol. The molecule has 0 saturated carbocycles. The highest BCUT2D eigenvalue weighted by Crippen LogP contribution is 2.12. The molecule has 1 rings (SSSR count). The van der Waals surface area contributed by atoms with Crippen LogP contribution in [0.2, 0.25) is 0 Å². The molecular formula is C7H6BrNO3. The molecule has 0 radical (unpaired) electrons. The maximum Gasteiger partial charge on any atom is 0.307 e. The second-order valence-electron chi connectivity index (χ2n) is 2.24. The highest BCUT2D eigenvalue weighted by atomic mass is 79.9. The first kappa shape index (κ1) is 8.99. The van der Waals surface area contributed by atoms with Crippen molar-refractivity contribution in [1.29, 1.82) is 0 Å². The van der Waals surface area contributed by atoms with Gasteiger partial charge in [-0.25, -0.2) is 0 Å². The van der Waals surface area contributed by atoms with E-state index in [9.17, 15) is 9.59 Å². The van der Waals surface area contributed by atoms with E-state index in [0.29, 0.717) is 10.0 Å². The number of hydrogen-bond acceptors (Lipinski definition) is 2. The van der Waals surface area contributed by atoms with E-state index in [0.717, 1.165) is 0 Å². The van der Waals surface area contributed by atoms with E-state index in [1.54, 1.807) is 0 Å². The Morgan fingerprint density at radius 3 is 2.92 bits per heavy atom. The van der Waals surface area contributed by atoms with Gasteiger partial charge in [-0.3, -0.25) is 9.59 Å². The molecule has 0 fully saturated rings. The van der Waals surface area contributed by atoms with Crippen molar-refractivity contribution in [2.75, 3.05) is 0 Å². The molecule has 0 aliphatic rings.